The number of carbonyl (C=O) groups is 1. The molecule has 9 heteroatoms. The van der Waals surface area contributed by atoms with Crippen LogP contribution >= 0.6 is 27.3 Å². The lowest BCUT2D eigenvalue weighted by molar-refractivity contribution is 0.103. The maximum atomic E-state index is 13.3. The lowest BCUT2D eigenvalue weighted by atomic mass is 9.99. The largest absolute Gasteiger partial charge is 0.493 e. The number of benzene rings is 3. The van der Waals surface area contributed by atoms with Crippen LogP contribution < -0.4 is 20.5 Å². The van der Waals surface area contributed by atoms with Gasteiger partial charge in [-0.2, -0.15) is 0 Å². The van der Waals surface area contributed by atoms with Crippen molar-refractivity contribution in [2.45, 2.75) is 0 Å². The van der Waals surface area contributed by atoms with Crippen molar-refractivity contribution in [1.29, 1.82) is 0 Å². The van der Waals surface area contributed by atoms with E-state index in [0.29, 0.717) is 38.0 Å². The van der Waals surface area contributed by atoms with Crippen molar-refractivity contribution in [3.63, 3.8) is 0 Å². The summed E-state index contributed by atoms with van der Waals surface area (Å²) in [5, 5.41) is 3.46. The number of rotatable bonds is 6. The van der Waals surface area contributed by atoms with Crippen LogP contribution in [0.3, 0.4) is 0 Å². The molecule has 6 nitrogen and oxygen atoms in total. The Balaban J connectivity index is 1.68. The van der Waals surface area contributed by atoms with E-state index in [-0.39, 0.29) is 5.82 Å². The van der Waals surface area contributed by atoms with Crippen LogP contribution in [0.2, 0.25) is 0 Å². The van der Waals surface area contributed by atoms with Gasteiger partial charge in [0, 0.05) is 21.1 Å². The molecule has 0 saturated carbocycles. The van der Waals surface area contributed by atoms with E-state index >= 15 is 0 Å². The van der Waals surface area contributed by atoms with Crippen molar-refractivity contribution in [2.24, 2.45) is 0 Å². The fourth-order valence-corrected chi connectivity index (χ4v) is 5.29. The number of anilines is 2. The molecule has 2 heterocycles. The Morgan fingerprint density at radius 3 is 2.30 bits per heavy atom. The quantitative estimate of drug-likeness (QED) is 0.220. The second kappa shape index (κ2) is 10.2. The van der Waals surface area contributed by atoms with Crippen molar-refractivity contribution in [1.82, 2.24) is 4.98 Å². The number of methoxy groups -OCH3 is 2. The molecule has 1 amide bonds. The first-order valence-corrected chi connectivity index (χ1v) is 12.8. The number of nitrogens with zero attached hydrogens (tertiary/aromatic N) is 1. The van der Waals surface area contributed by atoms with Gasteiger partial charge in [0.15, 0.2) is 11.5 Å². The van der Waals surface area contributed by atoms with E-state index in [1.807, 2.05) is 48.5 Å². The highest BCUT2D eigenvalue weighted by molar-refractivity contribution is 9.10. The fourth-order valence-electron chi connectivity index (χ4n) is 4.01. The lowest BCUT2D eigenvalue weighted by Crippen LogP contribution is -2.11. The van der Waals surface area contributed by atoms with Crippen LogP contribution in [0.5, 0.6) is 11.5 Å². The molecular weight excluding hydrogens is 557 g/mol. The minimum atomic E-state index is -0.393. The third-order valence-electron chi connectivity index (χ3n) is 5.84. The van der Waals surface area contributed by atoms with Crippen LogP contribution in [0.4, 0.5) is 15.8 Å². The minimum Gasteiger partial charge on any atom is -0.493 e. The Kier molecular flexibility index (Phi) is 6.82. The molecule has 0 saturated heterocycles. The Hall–Kier alpha value is -3.95. The van der Waals surface area contributed by atoms with E-state index in [1.165, 1.54) is 35.6 Å². The zero-order valence-electron chi connectivity index (χ0n) is 19.8. The predicted octanol–water partition coefficient (Wildman–Crippen LogP) is 7.38. The Bertz CT molecular complexity index is 1620. The van der Waals surface area contributed by atoms with Gasteiger partial charge < -0.3 is 20.5 Å². The van der Waals surface area contributed by atoms with Crippen LogP contribution in [0.1, 0.15) is 9.67 Å². The molecule has 5 rings (SSSR count). The van der Waals surface area contributed by atoms with Crippen LogP contribution in [-0.4, -0.2) is 25.1 Å². The number of hydrogen-bond acceptors (Lipinski definition) is 6. The van der Waals surface area contributed by atoms with Gasteiger partial charge in [0.1, 0.15) is 15.5 Å². The molecule has 5 aromatic rings. The first kappa shape index (κ1) is 24.7. The number of pyridine rings is 1. The highest BCUT2D eigenvalue weighted by Gasteiger charge is 2.22. The Morgan fingerprint density at radius 1 is 0.946 bits per heavy atom. The summed E-state index contributed by atoms with van der Waals surface area (Å²) in [6.07, 6.45) is 0. The average Bonchev–Trinajstić information content (AvgIpc) is 3.25. The number of halogens is 2. The number of aromatic nitrogens is 1. The van der Waals surface area contributed by atoms with Crippen molar-refractivity contribution >= 4 is 54.8 Å². The van der Waals surface area contributed by atoms with E-state index in [9.17, 15) is 9.18 Å². The van der Waals surface area contributed by atoms with Gasteiger partial charge in [-0.15, -0.1) is 11.3 Å². The minimum absolute atomic E-state index is 0.319. The molecule has 0 bridgehead atoms. The molecule has 0 unspecified atom stereocenters. The number of hydrogen-bond donors (Lipinski definition) is 2. The summed E-state index contributed by atoms with van der Waals surface area (Å²) in [6, 6.07) is 20.9. The van der Waals surface area contributed by atoms with Crippen molar-refractivity contribution in [3.05, 3.63) is 88.0 Å². The summed E-state index contributed by atoms with van der Waals surface area (Å²) in [5.74, 6) is 0.389. The van der Waals surface area contributed by atoms with Gasteiger partial charge in [-0.25, -0.2) is 9.37 Å². The number of ether oxygens (including phenoxy) is 2. The molecule has 37 heavy (non-hydrogen) atoms. The van der Waals surface area contributed by atoms with Gasteiger partial charge in [0.2, 0.25) is 0 Å². The number of carbonyl (C=O) groups excluding carboxylic acids is 1. The number of nitrogen functional groups attached to an aromatic ring is 1. The maximum absolute atomic E-state index is 13.3. The number of thiophene rings is 1. The first-order valence-electron chi connectivity index (χ1n) is 11.2. The molecule has 0 aliphatic heterocycles. The summed E-state index contributed by atoms with van der Waals surface area (Å²) in [7, 11) is 3.16. The Morgan fingerprint density at radius 2 is 1.62 bits per heavy atom. The summed E-state index contributed by atoms with van der Waals surface area (Å²) in [6.45, 7) is 0. The smallest absolute Gasteiger partial charge is 0.267 e. The molecule has 2 aromatic heterocycles. The van der Waals surface area contributed by atoms with Gasteiger partial charge in [0.25, 0.3) is 5.91 Å². The maximum Gasteiger partial charge on any atom is 0.267 e. The topological polar surface area (TPSA) is 86.5 Å². The van der Waals surface area contributed by atoms with Gasteiger partial charge in [0.05, 0.1) is 25.6 Å². The highest BCUT2D eigenvalue weighted by Crippen LogP contribution is 2.43. The summed E-state index contributed by atoms with van der Waals surface area (Å²) < 4.78 is 25.2. The molecule has 0 aliphatic carbocycles. The second-order valence-electron chi connectivity index (χ2n) is 8.12. The van der Waals surface area contributed by atoms with Crippen LogP contribution in [0.25, 0.3) is 32.6 Å². The zero-order chi connectivity index (χ0) is 26.1. The fraction of sp³-hybridized carbons (Fsp3) is 0.0714. The zero-order valence-corrected chi connectivity index (χ0v) is 22.2. The number of fused-ring (bicyclic) bond motifs is 1. The lowest BCUT2D eigenvalue weighted by Gasteiger charge is -2.12. The van der Waals surface area contributed by atoms with Crippen molar-refractivity contribution < 1.29 is 18.7 Å². The summed E-state index contributed by atoms with van der Waals surface area (Å²) >= 11 is 4.68. The van der Waals surface area contributed by atoms with E-state index < -0.39 is 5.91 Å². The normalized spacial score (nSPS) is 10.9. The molecule has 3 aromatic carbocycles. The molecule has 0 atom stereocenters. The van der Waals surface area contributed by atoms with Crippen molar-refractivity contribution in [2.75, 3.05) is 25.3 Å². The predicted molar refractivity (Wildman–Crippen MR) is 150 cm³/mol. The molecule has 0 fully saturated rings. The van der Waals surface area contributed by atoms with Crippen LogP contribution in [0, 0.1) is 5.82 Å². The standard InChI is InChI=1S/C28H21BrFN3O3S/c1-35-22-12-5-16(13-23(22)36-2)20-14-21(15-3-6-17(29)7-4-15)33-28-24(20)25(31)26(37-28)27(34)32-19-10-8-18(30)9-11-19/h3-14H,31H2,1-2H3,(H,32,34). The van der Waals surface area contributed by atoms with Crippen molar-refractivity contribution in [3.8, 4) is 33.9 Å². The van der Waals surface area contributed by atoms with Gasteiger partial charge in [-0.3, -0.25) is 4.79 Å². The monoisotopic (exact) mass is 577 g/mol. The van der Waals surface area contributed by atoms with Gasteiger partial charge in [-0.1, -0.05) is 34.1 Å². The molecular formula is C28H21BrFN3O3S. The summed E-state index contributed by atoms with van der Waals surface area (Å²) in [4.78, 5) is 19.0. The third-order valence-corrected chi connectivity index (χ3v) is 7.47. The Labute approximate surface area is 225 Å². The van der Waals surface area contributed by atoms with Crippen LogP contribution in [-0.2, 0) is 0 Å². The van der Waals surface area contributed by atoms with Crippen LogP contribution in [0.15, 0.2) is 77.3 Å². The van der Waals surface area contributed by atoms with E-state index in [0.717, 1.165) is 26.9 Å². The van der Waals surface area contributed by atoms with E-state index in [2.05, 4.69) is 21.2 Å². The average molecular weight is 578 g/mol. The van der Waals surface area contributed by atoms with E-state index in [4.69, 9.17) is 20.2 Å². The number of nitrogens with two attached hydrogens (primary N) is 1. The number of nitrogens with one attached hydrogen (secondary N) is 1. The van der Waals surface area contributed by atoms with Gasteiger partial charge >= 0.3 is 0 Å². The van der Waals surface area contributed by atoms with E-state index in [1.54, 1.807) is 14.2 Å². The third kappa shape index (κ3) is 4.87. The molecule has 0 aliphatic rings. The number of amides is 1. The summed E-state index contributed by atoms with van der Waals surface area (Å²) in [5.41, 5.74) is 10.6. The first-order chi connectivity index (χ1) is 17.9. The highest BCUT2D eigenvalue weighted by atomic mass is 79.9. The SMILES string of the molecule is COc1ccc(-c2cc(-c3ccc(Br)cc3)nc3sc(C(=O)Nc4ccc(F)cc4)c(N)c23)cc1OC. The molecule has 186 valence electrons. The molecule has 0 radical (unpaired) electrons. The second-order valence-corrected chi connectivity index (χ2v) is 10.0. The van der Waals surface area contributed by atoms with Gasteiger partial charge in [-0.05, 0) is 65.7 Å². The molecule has 3 N–H and O–H groups in total. The molecule has 0 spiro atoms.